The molecule has 0 bridgehead atoms. The van der Waals surface area contributed by atoms with Crippen LogP contribution in [0.3, 0.4) is 0 Å². The molecule has 2 nitrogen and oxygen atoms in total. The van der Waals surface area contributed by atoms with Crippen LogP contribution in [-0.4, -0.2) is 5.97 Å². The largest absolute Gasteiger partial charge is 0.545 e. The van der Waals surface area contributed by atoms with Gasteiger partial charge in [0.15, 0.2) is 0 Å². The van der Waals surface area contributed by atoms with Crippen molar-refractivity contribution >= 4 is 21.9 Å². The lowest BCUT2D eigenvalue weighted by Gasteiger charge is -2.04. The molecule has 0 unspecified atom stereocenters. The van der Waals surface area contributed by atoms with E-state index in [0.717, 1.165) is 6.07 Å². The molecule has 1 rings (SSSR count). The van der Waals surface area contributed by atoms with E-state index >= 15 is 0 Å². The number of carbonyl (C=O) groups is 1. The number of rotatable bonds is 1. The molecule has 1 aromatic rings. The van der Waals surface area contributed by atoms with Crippen LogP contribution in [0.25, 0.3) is 0 Å². The van der Waals surface area contributed by atoms with Crippen LogP contribution in [0, 0.1) is 11.6 Å². The fourth-order valence-corrected chi connectivity index (χ4v) is 0.994. The van der Waals surface area contributed by atoms with Gasteiger partial charge in [0, 0.05) is 5.56 Å². The molecule has 0 amide bonds. The van der Waals surface area contributed by atoms with Gasteiger partial charge in [-0.1, -0.05) is 0 Å². The van der Waals surface area contributed by atoms with Gasteiger partial charge in [-0.05, 0) is 28.1 Å². The second-order valence-electron chi connectivity index (χ2n) is 2.03. The van der Waals surface area contributed by atoms with Crippen LogP contribution in [0.4, 0.5) is 8.78 Å². The topological polar surface area (TPSA) is 40.1 Å². The highest BCUT2D eigenvalue weighted by Crippen LogP contribution is 2.19. The number of carbonyl (C=O) groups excluding carboxylic acids is 1. The third-order valence-electron chi connectivity index (χ3n) is 1.23. The molecule has 0 heterocycles. The second-order valence-corrected chi connectivity index (χ2v) is 2.89. The fourth-order valence-electron chi connectivity index (χ4n) is 0.679. The summed E-state index contributed by atoms with van der Waals surface area (Å²) >= 11 is 2.70. The van der Waals surface area contributed by atoms with Crippen molar-refractivity contribution in [3.05, 3.63) is 33.8 Å². The van der Waals surface area contributed by atoms with E-state index in [-0.39, 0.29) is 4.47 Å². The molecule has 0 aliphatic carbocycles. The number of benzene rings is 1. The highest BCUT2D eigenvalue weighted by Gasteiger charge is 2.08. The minimum Gasteiger partial charge on any atom is -0.545 e. The first kappa shape index (κ1) is 9.12. The molecule has 0 saturated carbocycles. The number of carboxylic acid groups (broad SMARTS) is 1. The summed E-state index contributed by atoms with van der Waals surface area (Å²) in [5, 5.41) is 10.2. The zero-order chi connectivity index (χ0) is 9.30. The van der Waals surface area contributed by atoms with Crippen LogP contribution in [0.15, 0.2) is 16.6 Å². The van der Waals surface area contributed by atoms with E-state index < -0.39 is 23.2 Å². The number of halogens is 3. The summed E-state index contributed by atoms with van der Waals surface area (Å²) in [6.45, 7) is 0. The summed E-state index contributed by atoms with van der Waals surface area (Å²) in [7, 11) is 0. The Hall–Kier alpha value is -0.970. The quantitative estimate of drug-likeness (QED) is 0.684. The minimum atomic E-state index is -1.74. The lowest BCUT2D eigenvalue weighted by atomic mass is 10.2. The van der Waals surface area contributed by atoms with Gasteiger partial charge in [0.25, 0.3) is 0 Å². The van der Waals surface area contributed by atoms with Crippen molar-refractivity contribution in [1.29, 1.82) is 0 Å². The average Bonchev–Trinajstić information content (AvgIpc) is 1.96. The summed E-state index contributed by atoms with van der Waals surface area (Å²) in [5.41, 5.74) is -0.782. The molecule has 0 atom stereocenters. The zero-order valence-corrected chi connectivity index (χ0v) is 7.19. The number of hydrogen-bond donors (Lipinski definition) is 0. The first-order valence-electron chi connectivity index (χ1n) is 2.88. The third-order valence-corrected chi connectivity index (χ3v) is 1.84. The van der Waals surface area contributed by atoms with Crippen LogP contribution in [-0.2, 0) is 0 Å². The molecule has 1 aromatic carbocycles. The average molecular weight is 236 g/mol. The van der Waals surface area contributed by atoms with Crippen molar-refractivity contribution in [2.45, 2.75) is 0 Å². The summed E-state index contributed by atoms with van der Waals surface area (Å²) in [5.74, 6) is -3.60. The summed E-state index contributed by atoms with van der Waals surface area (Å²) < 4.78 is 25.2. The lowest BCUT2D eigenvalue weighted by molar-refractivity contribution is -0.255. The van der Waals surface area contributed by atoms with E-state index in [0.29, 0.717) is 6.07 Å². The van der Waals surface area contributed by atoms with E-state index in [1.54, 1.807) is 0 Å². The highest BCUT2D eigenvalue weighted by molar-refractivity contribution is 9.10. The first-order chi connectivity index (χ1) is 5.52. The SMILES string of the molecule is O=C([O-])c1cc(F)c(Br)cc1F. The molecule has 64 valence electrons. The van der Waals surface area contributed by atoms with Gasteiger partial charge in [0.05, 0.1) is 10.4 Å². The fraction of sp³-hybridized carbons (Fsp3) is 0. The van der Waals surface area contributed by atoms with E-state index in [1.165, 1.54) is 0 Å². The summed E-state index contributed by atoms with van der Waals surface area (Å²) in [6.07, 6.45) is 0. The number of hydrogen-bond acceptors (Lipinski definition) is 2. The maximum atomic E-state index is 12.7. The lowest BCUT2D eigenvalue weighted by Crippen LogP contribution is -2.23. The molecule has 0 radical (unpaired) electrons. The maximum Gasteiger partial charge on any atom is 0.138 e. The van der Waals surface area contributed by atoms with Crippen molar-refractivity contribution in [2.24, 2.45) is 0 Å². The van der Waals surface area contributed by atoms with Crippen LogP contribution in [0.1, 0.15) is 10.4 Å². The Morgan fingerprint density at radius 3 is 2.42 bits per heavy atom. The smallest absolute Gasteiger partial charge is 0.138 e. The van der Waals surface area contributed by atoms with E-state index in [2.05, 4.69) is 15.9 Å². The molecule has 0 spiro atoms. The number of aromatic carboxylic acids is 1. The van der Waals surface area contributed by atoms with Gasteiger partial charge in [-0.3, -0.25) is 0 Å². The Morgan fingerprint density at radius 1 is 1.33 bits per heavy atom. The number of carboxylic acids is 1. The van der Waals surface area contributed by atoms with Crippen molar-refractivity contribution < 1.29 is 18.7 Å². The molecule has 0 aliphatic heterocycles. The minimum absolute atomic E-state index is 0.120. The standard InChI is InChI=1S/C7H3BrF2O2/c8-4-2-5(9)3(7(11)12)1-6(4)10/h1-2H,(H,11,12)/p-1. The molecule has 5 heteroatoms. The zero-order valence-electron chi connectivity index (χ0n) is 5.61. The van der Waals surface area contributed by atoms with Crippen LogP contribution in [0.2, 0.25) is 0 Å². The molecular weight excluding hydrogens is 234 g/mol. The van der Waals surface area contributed by atoms with Crippen molar-refractivity contribution in [3.8, 4) is 0 Å². The van der Waals surface area contributed by atoms with Crippen molar-refractivity contribution in [1.82, 2.24) is 0 Å². The van der Waals surface area contributed by atoms with E-state index in [9.17, 15) is 18.7 Å². The molecule has 0 aromatic heterocycles. The predicted molar refractivity (Wildman–Crippen MR) is 38.4 cm³/mol. The highest BCUT2D eigenvalue weighted by atomic mass is 79.9. The Bertz CT molecular complexity index is 338. The summed E-state index contributed by atoms with van der Waals surface area (Å²) in [4.78, 5) is 10.2. The van der Waals surface area contributed by atoms with Crippen molar-refractivity contribution in [3.63, 3.8) is 0 Å². The first-order valence-corrected chi connectivity index (χ1v) is 3.67. The van der Waals surface area contributed by atoms with Gasteiger partial charge in [0.1, 0.15) is 11.6 Å². The third kappa shape index (κ3) is 1.61. The van der Waals surface area contributed by atoms with Gasteiger partial charge in [-0.25, -0.2) is 8.78 Å². The van der Waals surface area contributed by atoms with Gasteiger partial charge < -0.3 is 9.90 Å². The molecule has 0 saturated heterocycles. The predicted octanol–water partition coefficient (Wildman–Crippen LogP) is 1.09. The normalized spacial score (nSPS) is 9.92. The van der Waals surface area contributed by atoms with Gasteiger partial charge in [0.2, 0.25) is 0 Å². The molecule has 0 N–H and O–H groups in total. The molecular formula is C7H2BrF2O2-. The Morgan fingerprint density at radius 2 is 1.92 bits per heavy atom. The monoisotopic (exact) mass is 235 g/mol. The Balaban J connectivity index is 3.33. The molecule has 0 aliphatic rings. The Labute approximate surface area is 75.0 Å². The second kappa shape index (κ2) is 3.18. The van der Waals surface area contributed by atoms with E-state index in [4.69, 9.17) is 0 Å². The van der Waals surface area contributed by atoms with Gasteiger partial charge in [-0.15, -0.1) is 0 Å². The van der Waals surface area contributed by atoms with Crippen LogP contribution in [0.5, 0.6) is 0 Å². The van der Waals surface area contributed by atoms with Gasteiger partial charge >= 0.3 is 0 Å². The summed E-state index contributed by atoms with van der Waals surface area (Å²) in [6, 6.07) is 1.30. The van der Waals surface area contributed by atoms with Crippen LogP contribution < -0.4 is 5.11 Å². The van der Waals surface area contributed by atoms with E-state index in [1.807, 2.05) is 0 Å². The molecule has 0 fully saturated rings. The van der Waals surface area contributed by atoms with Crippen molar-refractivity contribution in [2.75, 3.05) is 0 Å². The maximum absolute atomic E-state index is 12.7. The van der Waals surface area contributed by atoms with Gasteiger partial charge in [-0.2, -0.15) is 0 Å². The Kier molecular flexibility index (Phi) is 2.42. The van der Waals surface area contributed by atoms with Crippen LogP contribution >= 0.6 is 15.9 Å². The molecule has 12 heavy (non-hydrogen) atoms.